The topological polar surface area (TPSA) is 31.4 Å². The highest BCUT2D eigenvalue weighted by Gasteiger charge is 2.24. The molecule has 0 aromatic carbocycles. The van der Waals surface area contributed by atoms with Crippen LogP contribution in [0.25, 0.3) is 0 Å². The van der Waals surface area contributed by atoms with Gasteiger partial charge in [0.25, 0.3) is 0 Å². The van der Waals surface area contributed by atoms with Crippen molar-refractivity contribution in [1.82, 2.24) is 4.98 Å². The second kappa shape index (κ2) is 3.86. The Kier molecular flexibility index (Phi) is 2.57. The third-order valence-corrected chi connectivity index (χ3v) is 2.27. The smallest absolute Gasteiger partial charge is 0.213 e. The van der Waals surface area contributed by atoms with Crippen molar-refractivity contribution in [3.63, 3.8) is 0 Å². The molecule has 2 rings (SSSR count). The first-order valence-electron chi connectivity index (χ1n) is 5.04. The van der Waals surface area contributed by atoms with E-state index in [1.165, 1.54) is 12.8 Å². The lowest BCUT2D eigenvalue weighted by Crippen LogP contribution is -2.02. The number of rotatable bonds is 4. The summed E-state index contributed by atoms with van der Waals surface area (Å²) in [6.07, 6.45) is 3.65. The number of hydrogen-bond acceptors (Lipinski definition) is 3. The van der Waals surface area contributed by atoms with E-state index in [4.69, 9.17) is 9.47 Å². The fraction of sp³-hybridized carbons (Fsp3) is 0.545. The molecular formula is C11H15NO2. The van der Waals surface area contributed by atoms with Gasteiger partial charge < -0.3 is 9.47 Å². The van der Waals surface area contributed by atoms with Crippen LogP contribution in [-0.2, 0) is 6.42 Å². The number of aryl methyl sites for hydroxylation is 1. The Bertz CT molecular complexity index is 321. The average molecular weight is 193 g/mol. The van der Waals surface area contributed by atoms with Crippen LogP contribution in [0.1, 0.15) is 25.5 Å². The van der Waals surface area contributed by atoms with Gasteiger partial charge in [0.2, 0.25) is 5.88 Å². The summed E-state index contributed by atoms with van der Waals surface area (Å²) < 4.78 is 10.8. The highest BCUT2D eigenvalue weighted by atomic mass is 16.5. The lowest BCUT2D eigenvalue weighted by molar-refractivity contribution is 0.296. The van der Waals surface area contributed by atoms with Crippen LogP contribution < -0.4 is 9.47 Å². The van der Waals surface area contributed by atoms with Crippen LogP contribution in [0.4, 0.5) is 0 Å². The molecule has 0 saturated heterocycles. The summed E-state index contributed by atoms with van der Waals surface area (Å²) in [5.74, 6) is 1.57. The standard InChI is InChI=1S/C11H15NO2/c1-3-9-10(14-8-4-5-8)6-7-11(12-9)13-2/h6-8H,3-5H2,1-2H3. The van der Waals surface area contributed by atoms with E-state index in [9.17, 15) is 0 Å². The minimum atomic E-state index is 0.426. The van der Waals surface area contributed by atoms with Crippen LogP contribution in [-0.4, -0.2) is 18.2 Å². The van der Waals surface area contributed by atoms with E-state index in [1.54, 1.807) is 7.11 Å². The number of pyridine rings is 1. The van der Waals surface area contributed by atoms with Crippen molar-refractivity contribution < 1.29 is 9.47 Å². The minimum Gasteiger partial charge on any atom is -0.489 e. The first-order valence-corrected chi connectivity index (χ1v) is 5.04. The third kappa shape index (κ3) is 1.97. The van der Waals surface area contributed by atoms with E-state index < -0.39 is 0 Å². The van der Waals surface area contributed by atoms with Crippen LogP contribution in [0.15, 0.2) is 12.1 Å². The van der Waals surface area contributed by atoms with E-state index in [0.717, 1.165) is 17.9 Å². The molecular weight excluding hydrogens is 178 g/mol. The molecule has 0 bridgehead atoms. The van der Waals surface area contributed by atoms with Gasteiger partial charge in [0.1, 0.15) is 5.75 Å². The molecule has 1 aliphatic carbocycles. The minimum absolute atomic E-state index is 0.426. The molecule has 0 amide bonds. The van der Waals surface area contributed by atoms with Gasteiger partial charge >= 0.3 is 0 Å². The van der Waals surface area contributed by atoms with Crippen molar-refractivity contribution in [1.29, 1.82) is 0 Å². The van der Waals surface area contributed by atoms with Crippen LogP contribution in [0.5, 0.6) is 11.6 Å². The number of ether oxygens (including phenoxy) is 2. The molecule has 76 valence electrons. The highest BCUT2D eigenvalue weighted by molar-refractivity contribution is 5.32. The summed E-state index contributed by atoms with van der Waals surface area (Å²) in [6, 6.07) is 3.79. The zero-order valence-corrected chi connectivity index (χ0v) is 8.62. The lowest BCUT2D eigenvalue weighted by atomic mass is 10.2. The maximum Gasteiger partial charge on any atom is 0.213 e. The molecule has 0 atom stereocenters. The molecule has 1 heterocycles. The molecule has 0 spiro atoms. The van der Waals surface area contributed by atoms with E-state index in [0.29, 0.717) is 12.0 Å². The first-order chi connectivity index (χ1) is 6.83. The second-order valence-corrected chi connectivity index (χ2v) is 3.47. The largest absolute Gasteiger partial charge is 0.489 e. The Balaban J connectivity index is 2.19. The monoisotopic (exact) mass is 193 g/mol. The summed E-state index contributed by atoms with van der Waals surface area (Å²) in [5, 5.41) is 0. The molecule has 0 radical (unpaired) electrons. The van der Waals surface area contributed by atoms with Crippen LogP contribution in [0, 0.1) is 0 Å². The van der Waals surface area contributed by atoms with Crippen LogP contribution >= 0.6 is 0 Å². The molecule has 14 heavy (non-hydrogen) atoms. The van der Waals surface area contributed by atoms with Crippen LogP contribution in [0.3, 0.4) is 0 Å². The van der Waals surface area contributed by atoms with Gasteiger partial charge in [-0.25, -0.2) is 4.98 Å². The Hall–Kier alpha value is -1.25. The maximum atomic E-state index is 5.73. The van der Waals surface area contributed by atoms with Crippen molar-refractivity contribution in [2.24, 2.45) is 0 Å². The highest BCUT2D eigenvalue weighted by Crippen LogP contribution is 2.29. The molecule has 3 heteroatoms. The molecule has 1 fully saturated rings. The van der Waals surface area contributed by atoms with Crippen molar-refractivity contribution >= 4 is 0 Å². The molecule has 1 aliphatic rings. The predicted molar refractivity (Wildman–Crippen MR) is 53.8 cm³/mol. The number of aromatic nitrogens is 1. The molecule has 3 nitrogen and oxygen atoms in total. The second-order valence-electron chi connectivity index (χ2n) is 3.47. The van der Waals surface area contributed by atoms with Crippen molar-refractivity contribution in [2.75, 3.05) is 7.11 Å². The number of nitrogens with zero attached hydrogens (tertiary/aromatic N) is 1. The van der Waals surface area contributed by atoms with Crippen LogP contribution in [0.2, 0.25) is 0 Å². The summed E-state index contributed by atoms with van der Waals surface area (Å²) in [6.45, 7) is 2.07. The van der Waals surface area contributed by atoms with Gasteiger partial charge in [-0.2, -0.15) is 0 Å². The summed E-state index contributed by atoms with van der Waals surface area (Å²) in [4.78, 5) is 4.34. The molecule has 1 saturated carbocycles. The maximum absolute atomic E-state index is 5.73. The van der Waals surface area contributed by atoms with E-state index >= 15 is 0 Å². The quantitative estimate of drug-likeness (QED) is 0.734. The Labute approximate surface area is 84.1 Å². The van der Waals surface area contributed by atoms with E-state index in [2.05, 4.69) is 11.9 Å². The Morgan fingerprint density at radius 3 is 2.79 bits per heavy atom. The fourth-order valence-electron chi connectivity index (χ4n) is 1.31. The third-order valence-electron chi connectivity index (χ3n) is 2.27. The predicted octanol–water partition coefficient (Wildman–Crippen LogP) is 2.19. The van der Waals surface area contributed by atoms with Crippen molar-refractivity contribution in [3.05, 3.63) is 17.8 Å². The van der Waals surface area contributed by atoms with Gasteiger partial charge in [-0.15, -0.1) is 0 Å². The summed E-state index contributed by atoms with van der Waals surface area (Å²) in [7, 11) is 1.63. The SMILES string of the molecule is CCc1nc(OC)ccc1OC1CC1. The molecule has 0 unspecified atom stereocenters. The van der Waals surface area contributed by atoms with Crippen molar-refractivity contribution in [2.45, 2.75) is 32.3 Å². The van der Waals surface area contributed by atoms with Gasteiger partial charge in [-0.1, -0.05) is 6.92 Å². The van der Waals surface area contributed by atoms with Gasteiger partial charge in [0, 0.05) is 6.07 Å². The Morgan fingerprint density at radius 2 is 2.21 bits per heavy atom. The normalized spacial score (nSPS) is 15.3. The zero-order valence-electron chi connectivity index (χ0n) is 8.62. The van der Waals surface area contributed by atoms with E-state index in [-0.39, 0.29) is 0 Å². The summed E-state index contributed by atoms with van der Waals surface area (Å²) >= 11 is 0. The average Bonchev–Trinajstić information content (AvgIpc) is 3.02. The first kappa shape index (κ1) is 9.31. The van der Waals surface area contributed by atoms with E-state index in [1.807, 2.05) is 12.1 Å². The Morgan fingerprint density at radius 1 is 1.43 bits per heavy atom. The lowest BCUT2D eigenvalue weighted by Gasteiger charge is -2.09. The molecule has 0 N–H and O–H groups in total. The van der Waals surface area contributed by atoms with Crippen molar-refractivity contribution in [3.8, 4) is 11.6 Å². The fourth-order valence-corrected chi connectivity index (χ4v) is 1.31. The molecule has 1 aromatic heterocycles. The van der Waals surface area contributed by atoms with Gasteiger partial charge in [-0.3, -0.25) is 0 Å². The van der Waals surface area contributed by atoms with Gasteiger partial charge in [0.05, 0.1) is 18.9 Å². The summed E-state index contributed by atoms with van der Waals surface area (Å²) in [5.41, 5.74) is 0.983. The van der Waals surface area contributed by atoms with Gasteiger partial charge in [0.15, 0.2) is 0 Å². The molecule has 1 aromatic rings. The number of hydrogen-bond donors (Lipinski definition) is 0. The number of methoxy groups -OCH3 is 1. The zero-order chi connectivity index (χ0) is 9.97. The molecule has 0 aliphatic heterocycles. The van der Waals surface area contributed by atoms with Gasteiger partial charge in [-0.05, 0) is 25.3 Å².